The van der Waals surface area contributed by atoms with E-state index in [0.29, 0.717) is 12.1 Å². The SMILES string of the molecule is CCCCCN(CCC(=O)O)c1ccc(C(C)=O)cc1. The average molecular weight is 277 g/mol. The molecule has 0 aromatic heterocycles. The summed E-state index contributed by atoms with van der Waals surface area (Å²) >= 11 is 0. The van der Waals surface area contributed by atoms with E-state index in [9.17, 15) is 9.59 Å². The van der Waals surface area contributed by atoms with Gasteiger partial charge in [0.05, 0.1) is 6.42 Å². The Hall–Kier alpha value is -1.84. The molecule has 0 spiro atoms. The molecule has 4 nitrogen and oxygen atoms in total. The number of benzene rings is 1. The van der Waals surface area contributed by atoms with E-state index >= 15 is 0 Å². The number of carbonyl (C=O) groups is 2. The maximum atomic E-state index is 11.3. The molecule has 4 heteroatoms. The van der Waals surface area contributed by atoms with Gasteiger partial charge in [-0.25, -0.2) is 0 Å². The van der Waals surface area contributed by atoms with Gasteiger partial charge in [-0.15, -0.1) is 0 Å². The summed E-state index contributed by atoms with van der Waals surface area (Å²) in [5.41, 5.74) is 1.66. The first-order chi connectivity index (χ1) is 9.54. The van der Waals surface area contributed by atoms with Crippen molar-refractivity contribution >= 4 is 17.4 Å². The summed E-state index contributed by atoms with van der Waals surface area (Å²) in [5.74, 6) is -0.745. The Morgan fingerprint density at radius 1 is 1.10 bits per heavy atom. The third kappa shape index (κ3) is 5.43. The highest BCUT2D eigenvalue weighted by Crippen LogP contribution is 2.17. The van der Waals surface area contributed by atoms with Gasteiger partial charge < -0.3 is 10.0 Å². The van der Waals surface area contributed by atoms with Gasteiger partial charge in [0.2, 0.25) is 0 Å². The van der Waals surface area contributed by atoms with Crippen molar-refractivity contribution in [2.45, 2.75) is 39.5 Å². The van der Waals surface area contributed by atoms with E-state index in [1.807, 2.05) is 12.1 Å². The number of unbranched alkanes of at least 4 members (excludes halogenated alkanes) is 2. The number of aliphatic carboxylic acids is 1. The highest BCUT2D eigenvalue weighted by atomic mass is 16.4. The van der Waals surface area contributed by atoms with Crippen LogP contribution in [-0.4, -0.2) is 29.9 Å². The Balaban J connectivity index is 2.73. The van der Waals surface area contributed by atoms with E-state index in [1.165, 1.54) is 0 Å². The van der Waals surface area contributed by atoms with Gasteiger partial charge in [0, 0.05) is 24.3 Å². The van der Waals surface area contributed by atoms with Crippen LogP contribution in [0.3, 0.4) is 0 Å². The van der Waals surface area contributed by atoms with E-state index in [0.717, 1.165) is 31.5 Å². The normalized spacial score (nSPS) is 10.3. The smallest absolute Gasteiger partial charge is 0.305 e. The number of hydrogen-bond acceptors (Lipinski definition) is 3. The number of ketones is 1. The molecular formula is C16H23NO3. The summed E-state index contributed by atoms with van der Waals surface area (Å²) in [7, 11) is 0. The van der Waals surface area contributed by atoms with Crippen molar-refractivity contribution in [3.8, 4) is 0 Å². The van der Waals surface area contributed by atoms with Crippen LogP contribution in [0.25, 0.3) is 0 Å². The van der Waals surface area contributed by atoms with Crippen LogP contribution in [0.15, 0.2) is 24.3 Å². The van der Waals surface area contributed by atoms with Crippen LogP contribution in [0.1, 0.15) is 49.9 Å². The number of carboxylic acid groups (broad SMARTS) is 1. The predicted octanol–water partition coefficient (Wildman–Crippen LogP) is 3.36. The molecule has 0 aliphatic rings. The molecule has 0 aliphatic heterocycles. The Morgan fingerprint density at radius 2 is 1.75 bits per heavy atom. The lowest BCUT2D eigenvalue weighted by Crippen LogP contribution is -2.27. The standard InChI is InChI=1S/C16H23NO3/c1-3-4-5-11-17(12-10-16(19)20)15-8-6-14(7-9-15)13(2)18/h6-9H,3-5,10-12H2,1-2H3,(H,19,20). The predicted molar refractivity (Wildman–Crippen MR) is 80.4 cm³/mol. The molecule has 0 radical (unpaired) electrons. The Kier molecular flexibility index (Phi) is 6.77. The lowest BCUT2D eigenvalue weighted by molar-refractivity contribution is -0.136. The Bertz CT molecular complexity index is 440. The molecule has 1 aromatic rings. The molecule has 0 saturated heterocycles. The Labute approximate surface area is 120 Å². The molecule has 110 valence electrons. The molecule has 1 N–H and O–H groups in total. The van der Waals surface area contributed by atoms with Crippen LogP contribution in [0.4, 0.5) is 5.69 Å². The number of Topliss-reactive ketones (excluding diaryl/α,β-unsaturated/α-hetero) is 1. The zero-order valence-electron chi connectivity index (χ0n) is 12.3. The first kappa shape index (κ1) is 16.2. The minimum absolute atomic E-state index is 0.0413. The van der Waals surface area contributed by atoms with Gasteiger partial charge in [-0.1, -0.05) is 19.8 Å². The monoisotopic (exact) mass is 277 g/mol. The van der Waals surface area contributed by atoms with Crippen LogP contribution >= 0.6 is 0 Å². The number of hydrogen-bond donors (Lipinski definition) is 1. The van der Waals surface area contributed by atoms with Gasteiger partial charge in [-0.2, -0.15) is 0 Å². The van der Waals surface area contributed by atoms with Crippen LogP contribution < -0.4 is 4.90 Å². The van der Waals surface area contributed by atoms with Gasteiger partial charge in [0.15, 0.2) is 5.78 Å². The maximum Gasteiger partial charge on any atom is 0.305 e. The van der Waals surface area contributed by atoms with Crippen molar-refractivity contribution in [2.24, 2.45) is 0 Å². The first-order valence-corrected chi connectivity index (χ1v) is 7.12. The summed E-state index contributed by atoms with van der Waals surface area (Å²) < 4.78 is 0. The highest BCUT2D eigenvalue weighted by Gasteiger charge is 2.09. The zero-order valence-corrected chi connectivity index (χ0v) is 12.3. The summed E-state index contributed by atoms with van der Waals surface area (Å²) in [4.78, 5) is 24.1. The first-order valence-electron chi connectivity index (χ1n) is 7.12. The van der Waals surface area contributed by atoms with Crippen molar-refractivity contribution in [1.82, 2.24) is 0 Å². The van der Waals surface area contributed by atoms with Gasteiger partial charge in [-0.3, -0.25) is 9.59 Å². The van der Waals surface area contributed by atoms with Crippen molar-refractivity contribution in [3.63, 3.8) is 0 Å². The minimum Gasteiger partial charge on any atom is -0.481 e. The van der Waals surface area contributed by atoms with Crippen LogP contribution in [0, 0.1) is 0 Å². The number of rotatable bonds is 9. The molecular weight excluding hydrogens is 254 g/mol. The van der Waals surface area contributed by atoms with E-state index in [2.05, 4.69) is 11.8 Å². The van der Waals surface area contributed by atoms with Crippen LogP contribution in [-0.2, 0) is 4.79 Å². The second kappa shape index (κ2) is 8.35. The summed E-state index contributed by atoms with van der Waals surface area (Å²) in [6.07, 6.45) is 3.44. The van der Waals surface area contributed by atoms with Gasteiger partial charge in [-0.05, 0) is 37.6 Å². The van der Waals surface area contributed by atoms with Crippen molar-refractivity contribution in [2.75, 3.05) is 18.0 Å². The molecule has 0 fully saturated rings. The number of nitrogens with zero attached hydrogens (tertiary/aromatic N) is 1. The minimum atomic E-state index is -0.786. The fourth-order valence-electron chi connectivity index (χ4n) is 2.06. The molecule has 1 rings (SSSR count). The molecule has 0 bridgehead atoms. The fraction of sp³-hybridized carbons (Fsp3) is 0.500. The summed E-state index contributed by atoms with van der Waals surface area (Å²) in [6, 6.07) is 7.38. The largest absolute Gasteiger partial charge is 0.481 e. The van der Waals surface area contributed by atoms with Gasteiger partial charge >= 0.3 is 5.97 Å². The lowest BCUT2D eigenvalue weighted by Gasteiger charge is -2.24. The van der Waals surface area contributed by atoms with Crippen molar-refractivity contribution < 1.29 is 14.7 Å². The molecule has 0 amide bonds. The van der Waals surface area contributed by atoms with Crippen LogP contribution in [0.2, 0.25) is 0 Å². The number of anilines is 1. The third-order valence-corrected chi connectivity index (χ3v) is 3.27. The fourth-order valence-corrected chi connectivity index (χ4v) is 2.06. The number of carbonyl (C=O) groups excluding carboxylic acids is 1. The molecule has 0 unspecified atom stereocenters. The van der Waals surface area contributed by atoms with Crippen molar-refractivity contribution in [1.29, 1.82) is 0 Å². The highest BCUT2D eigenvalue weighted by molar-refractivity contribution is 5.94. The average Bonchev–Trinajstić information content (AvgIpc) is 2.42. The Morgan fingerprint density at radius 3 is 2.25 bits per heavy atom. The van der Waals surface area contributed by atoms with E-state index in [1.54, 1.807) is 19.1 Å². The lowest BCUT2D eigenvalue weighted by atomic mass is 10.1. The van der Waals surface area contributed by atoms with E-state index in [4.69, 9.17) is 5.11 Å². The number of carboxylic acids is 1. The molecule has 1 aromatic carbocycles. The topological polar surface area (TPSA) is 57.6 Å². The van der Waals surface area contributed by atoms with E-state index in [-0.39, 0.29) is 12.2 Å². The van der Waals surface area contributed by atoms with E-state index < -0.39 is 5.97 Å². The quantitative estimate of drug-likeness (QED) is 0.555. The molecule has 0 heterocycles. The second-order valence-electron chi connectivity index (χ2n) is 4.94. The van der Waals surface area contributed by atoms with Gasteiger partial charge in [0.1, 0.15) is 0 Å². The zero-order chi connectivity index (χ0) is 15.0. The van der Waals surface area contributed by atoms with Gasteiger partial charge in [0.25, 0.3) is 0 Å². The molecule has 20 heavy (non-hydrogen) atoms. The molecule has 0 aliphatic carbocycles. The maximum absolute atomic E-state index is 11.3. The second-order valence-corrected chi connectivity index (χ2v) is 4.94. The van der Waals surface area contributed by atoms with Crippen LogP contribution in [0.5, 0.6) is 0 Å². The molecule has 0 saturated carbocycles. The van der Waals surface area contributed by atoms with Crippen molar-refractivity contribution in [3.05, 3.63) is 29.8 Å². The summed E-state index contributed by atoms with van der Waals surface area (Å²) in [6.45, 7) is 5.03. The molecule has 0 atom stereocenters. The third-order valence-electron chi connectivity index (χ3n) is 3.27. The summed E-state index contributed by atoms with van der Waals surface area (Å²) in [5, 5.41) is 8.83.